The third-order valence-electron chi connectivity index (χ3n) is 3.66. The second-order valence-electron chi connectivity index (χ2n) is 5.68. The van der Waals surface area contributed by atoms with Gasteiger partial charge in [-0.25, -0.2) is 0 Å². The molecule has 1 aromatic heterocycles. The van der Waals surface area contributed by atoms with Crippen LogP contribution in [-0.4, -0.2) is 17.6 Å². The zero-order valence-corrected chi connectivity index (χ0v) is 12.7. The van der Waals surface area contributed by atoms with Crippen molar-refractivity contribution in [1.29, 1.82) is 0 Å². The molecule has 0 radical (unpaired) electrons. The summed E-state index contributed by atoms with van der Waals surface area (Å²) in [5.41, 5.74) is 3.60. The highest BCUT2D eigenvalue weighted by molar-refractivity contribution is 5.37. The molecule has 0 amide bonds. The van der Waals surface area contributed by atoms with Crippen LogP contribution in [0, 0.1) is 6.92 Å². The third-order valence-corrected chi connectivity index (χ3v) is 3.66. The predicted molar refractivity (Wildman–Crippen MR) is 84.6 cm³/mol. The van der Waals surface area contributed by atoms with Crippen LogP contribution in [0.5, 0.6) is 5.75 Å². The number of hydrogen-bond acceptors (Lipinski definition) is 3. The first-order valence-electron chi connectivity index (χ1n) is 7.68. The van der Waals surface area contributed by atoms with Crippen LogP contribution in [0.4, 0.5) is 0 Å². The van der Waals surface area contributed by atoms with Gasteiger partial charge in [-0.3, -0.25) is 4.98 Å². The molecule has 21 heavy (non-hydrogen) atoms. The van der Waals surface area contributed by atoms with E-state index in [9.17, 15) is 0 Å². The first-order valence-corrected chi connectivity index (χ1v) is 7.68. The van der Waals surface area contributed by atoms with Crippen molar-refractivity contribution >= 4 is 0 Å². The van der Waals surface area contributed by atoms with Crippen LogP contribution in [0.3, 0.4) is 0 Å². The summed E-state index contributed by atoms with van der Waals surface area (Å²) in [6.07, 6.45) is 6.62. The molecule has 110 valence electrons. The van der Waals surface area contributed by atoms with Crippen LogP contribution in [0.2, 0.25) is 0 Å². The highest BCUT2D eigenvalue weighted by Gasteiger charge is 2.24. The molecular weight excluding hydrogens is 260 g/mol. The van der Waals surface area contributed by atoms with Gasteiger partial charge >= 0.3 is 0 Å². The van der Waals surface area contributed by atoms with Crippen molar-refractivity contribution in [2.45, 2.75) is 38.8 Å². The van der Waals surface area contributed by atoms with Gasteiger partial charge in [0.2, 0.25) is 0 Å². The minimum absolute atomic E-state index is 0.158. The minimum atomic E-state index is 0.158. The smallest absolute Gasteiger partial charge is 0.120 e. The topological polar surface area (TPSA) is 34.2 Å². The van der Waals surface area contributed by atoms with Crippen molar-refractivity contribution in [3.05, 3.63) is 59.4 Å². The predicted octanol–water partition coefficient (Wildman–Crippen LogP) is 3.63. The maximum absolute atomic E-state index is 5.91. The molecule has 1 unspecified atom stereocenters. The Morgan fingerprint density at radius 2 is 2.10 bits per heavy atom. The van der Waals surface area contributed by atoms with Gasteiger partial charge in [0.05, 0.1) is 12.1 Å². The number of pyridine rings is 1. The number of benzene rings is 1. The van der Waals surface area contributed by atoms with Gasteiger partial charge in [0, 0.05) is 12.4 Å². The van der Waals surface area contributed by atoms with Crippen molar-refractivity contribution < 1.29 is 4.74 Å². The van der Waals surface area contributed by atoms with E-state index in [2.05, 4.69) is 48.4 Å². The average molecular weight is 282 g/mol. The lowest BCUT2D eigenvalue weighted by atomic mass is 9.99. The Morgan fingerprint density at radius 3 is 2.81 bits per heavy atom. The molecule has 0 saturated heterocycles. The van der Waals surface area contributed by atoms with E-state index < -0.39 is 0 Å². The molecule has 0 bridgehead atoms. The van der Waals surface area contributed by atoms with Gasteiger partial charge in [-0.2, -0.15) is 0 Å². The number of aromatic nitrogens is 1. The molecule has 1 aromatic carbocycles. The lowest BCUT2D eigenvalue weighted by Crippen LogP contribution is -2.22. The minimum Gasteiger partial charge on any atom is -0.490 e. The Labute approximate surface area is 126 Å². The molecule has 2 aromatic rings. The second-order valence-corrected chi connectivity index (χ2v) is 5.68. The molecule has 1 N–H and O–H groups in total. The Hall–Kier alpha value is -1.87. The number of ether oxygens (including phenoxy) is 1. The standard InChI is InChI=1S/C18H22N2O/c1-3-20-18(15-9-13(2)11-19-12-15)14-5-4-6-17(10-14)21-16-7-8-16/h4-6,9-12,16,18,20H,3,7-8H2,1-2H3. The fourth-order valence-corrected chi connectivity index (χ4v) is 2.51. The highest BCUT2D eigenvalue weighted by atomic mass is 16.5. The molecule has 3 rings (SSSR count). The summed E-state index contributed by atoms with van der Waals surface area (Å²) in [6, 6.07) is 10.8. The lowest BCUT2D eigenvalue weighted by Gasteiger charge is -2.20. The van der Waals surface area contributed by atoms with Crippen molar-refractivity contribution in [3.63, 3.8) is 0 Å². The van der Waals surface area contributed by atoms with Gasteiger partial charge in [-0.1, -0.05) is 25.1 Å². The van der Waals surface area contributed by atoms with Gasteiger partial charge in [0.25, 0.3) is 0 Å². The van der Waals surface area contributed by atoms with E-state index in [0.29, 0.717) is 6.10 Å². The van der Waals surface area contributed by atoms with Crippen LogP contribution in [0.1, 0.15) is 42.5 Å². The van der Waals surface area contributed by atoms with E-state index in [-0.39, 0.29) is 6.04 Å². The maximum Gasteiger partial charge on any atom is 0.120 e. The van der Waals surface area contributed by atoms with E-state index in [0.717, 1.165) is 12.3 Å². The first kappa shape index (κ1) is 14.1. The molecule has 1 atom stereocenters. The normalized spacial score (nSPS) is 15.7. The average Bonchev–Trinajstić information content (AvgIpc) is 3.29. The summed E-state index contributed by atoms with van der Waals surface area (Å²) in [6.45, 7) is 5.11. The SMILES string of the molecule is CCNC(c1cncc(C)c1)c1cccc(OC2CC2)c1. The van der Waals surface area contributed by atoms with Crippen LogP contribution in [0.25, 0.3) is 0 Å². The molecule has 3 nitrogen and oxygen atoms in total. The van der Waals surface area contributed by atoms with E-state index in [1.54, 1.807) is 0 Å². The third kappa shape index (κ3) is 3.61. The summed E-state index contributed by atoms with van der Waals surface area (Å²) in [4.78, 5) is 4.32. The summed E-state index contributed by atoms with van der Waals surface area (Å²) in [7, 11) is 0. The lowest BCUT2D eigenvalue weighted by molar-refractivity contribution is 0.302. The number of hydrogen-bond donors (Lipinski definition) is 1. The van der Waals surface area contributed by atoms with Crippen LogP contribution in [-0.2, 0) is 0 Å². The van der Waals surface area contributed by atoms with Crippen molar-refractivity contribution in [3.8, 4) is 5.75 Å². The summed E-state index contributed by atoms with van der Waals surface area (Å²) in [5, 5.41) is 3.54. The van der Waals surface area contributed by atoms with E-state index in [1.807, 2.05) is 18.5 Å². The number of aryl methyl sites for hydroxylation is 1. The summed E-state index contributed by atoms with van der Waals surface area (Å²) >= 11 is 0. The van der Waals surface area contributed by atoms with Gasteiger partial charge < -0.3 is 10.1 Å². The van der Waals surface area contributed by atoms with Gasteiger partial charge in [0.1, 0.15) is 5.75 Å². The zero-order valence-electron chi connectivity index (χ0n) is 12.7. The van der Waals surface area contributed by atoms with Gasteiger partial charge in [-0.05, 0) is 55.1 Å². The summed E-state index contributed by atoms with van der Waals surface area (Å²) in [5.74, 6) is 0.971. The van der Waals surface area contributed by atoms with Gasteiger partial charge in [0.15, 0.2) is 0 Å². The number of nitrogens with one attached hydrogen (secondary N) is 1. The van der Waals surface area contributed by atoms with Gasteiger partial charge in [-0.15, -0.1) is 0 Å². The molecule has 1 heterocycles. The Bertz CT molecular complexity index is 608. The molecule has 0 aliphatic heterocycles. The van der Waals surface area contributed by atoms with Crippen LogP contribution >= 0.6 is 0 Å². The van der Waals surface area contributed by atoms with E-state index >= 15 is 0 Å². The molecule has 3 heteroatoms. The Balaban J connectivity index is 1.88. The maximum atomic E-state index is 5.91. The monoisotopic (exact) mass is 282 g/mol. The number of rotatable bonds is 6. The van der Waals surface area contributed by atoms with Crippen LogP contribution < -0.4 is 10.1 Å². The Morgan fingerprint density at radius 1 is 1.24 bits per heavy atom. The molecule has 1 saturated carbocycles. The van der Waals surface area contributed by atoms with E-state index in [4.69, 9.17) is 4.74 Å². The molecular formula is C18H22N2O. The molecule has 1 aliphatic carbocycles. The highest BCUT2D eigenvalue weighted by Crippen LogP contribution is 2.30. The van der Waals surface area contributed by atoms with E-state index in [1.165, 1.54) is 29.5 Å². The summed E-state index contributed by atoms with van der Waals surface area (Å²) < 4.78 is 5.91. The fraction of sp³-hybridized carbons (Fsp3) is 0.389. The zero-order chi connectivity index (χ0) is 14.7. The van der Waals surface area contributed by atoms with Crippen LogP contribution in [0.15, 0.2) is 42.7 Å². The Kier molecular flexibility index (Phi) is 4.20. The van der Waals surface area contributed by atoms with Crippen molar-refractivity contribution in [2.75, 3.05) is 6.54 Å². The first-order chi connectivity index (χ1) is 10.3. The largest absolute Gasteiger partial charge is 0.490 e. The molecule has 0 spiro atoms. The molecule has 1 aliphatic rings. The second kappa shape index (κ2) is 6.27. The van der Waals surface area contributed by atoms with Crippen molar-refractivity contribution in [1.82, 2.24) is 10.3 Å². The number of nitrogens with zero attached hydrogens (tertiary/aromatic N) is 1. The fourth-order valence-electron chi connectivity index (χ4n) is 2.51. The quantitative estimate of drug-likeness (QED) is 0.878. The van der Waals surface area contributed by atoms with Crippen molar-refractivity contribution in [2.24, 2.45) is 0 Å². The molecule has 1 fully saturated rings.